The van der Waals surface area contributed by atoms with Crippen molar-refractivity contribution in [1.29, 1.82) is 0 Å². The molecule has 0 amide bonds. The predicted octanol–water partition coefficient (Wildman–Crippen LogP) is 7.15. The fourth-order valence-corrected chi connectivity index (χ4v) is 4.22. The smallest absolute Gasteiger partial charge is 0.266 e. The Morgan fingerprint density at radius 3 is 2.37 bits per heavy atom. The van der Waals surface area contributed by atoms with Crippen molar-refractivity contribution < 1.29 is 4.74 Å². The fraction of sp³-hybridized carbons (Fsp3) is 0.161. The monoisotopic (exact) mass is 460 g/mol. The van der Waals surface area contributed by atoms with Crippen LogP contribution in [0.5, 0.6) is 5.75 Å². The third kappa shape index (κ3) is 4.73. The topological polar surface area (TPSA) is 44.1 Å². The second-order valence-electron chi connectivity index (χ2n) is 8.80. The van der Waals surface area contributed by atoms with Crippen molar-refractivity contribution in [3.8, 4) is 22.8 Å². The number of nitrogens with zero attached hydrogens (tertiary/aromatic N) is 2. The quantitative estimate of drug-likeness (QED) is 0.259. The van der Waals surface area contributed by atoms with Gasteiger partial charge in [-0.2, -0.15) is 0 Å². The average molecular weight is 461 g/mol. The summed E-state index contributed by atoms with van der Waals surface area (Å²) in [5.74, 6) is 1.79. The van der Waals surface area contributed by atoms with Crippen molar-refractivity contribution in [3.05, 3.63) is 125 Å². The summed E-state index contributed by atoms with van der Waals surface area (Å²) in [7, 11) is 0. The lowest BCUT2D eigenvalue weighted by Crippen LogP contribution is -2.22. The molecule has 174 valence electrons. The second kappa shape index (κ2) is 9.98. The van der Waals surface area contributed by atoms with Crippen molar-refractivity contribution in [2.75, 3.05) is 0 Å². The van der Waals surface area contributed by atoms with Crippen LogP contribution in [0, 0.1) is 0 Å². The molecule has 4 aromatic carbocycles. The number of rotatable bonds is 7. The molecule has 5 rings (SSSR count). The molecule has 0 radical (unpaired) electrons. The minimum atomic E-state index is -0.0857. The highest BCUT2D eigenvalue weighted by atomic mass is 16.5. The molecule has 4 nitrogen and oxygen atoms in total. The molecule has 0 spiro atoms. The lowest BCUT2D eigenvalue weighted by Gasteiger charge is -2.16. The van der Waals surface area contributed by atoms with Crippen LogP contribution >= 0.6 is 0 Å². The van der Waals surface area contributed by atoms with E-state index in [1.807, 2.05) is 91.0 Å². The van der Waals surface area contributed by atoms with Crippen molar-refractivity contribution >= 4 is 10.9 Å². The summed E-state index contributed by atoms with van der Waals surface area (Å²) in [5, 5.41) is 0.596. The summed E-state index contributed by atoms with van der Waals surface area (Å²) in [6.07, 6.45) is 1.07. The van der Waals surface area contributed by atoms with E-state index in [1.165, 1.54) is 5.56 Å². The van der Waals surface area contributed by atoms with Gasteiger partial charge in [-0.25, -0.2) is 4.98 Å². The largest absolute Gasteiger partial charge is 0.489 e. The van der Waals surface area contributed by atoms with Gasteiger partial charge in [-0.15, -0.1) is 0 Å². The Bertz CT molecular complexity index is 1510. The Kier molecular flexibility index (Phi) is 6.44. The first-order valence-corrected chi connectivity index (χ1v) is 12.0. The van der Waals surface area contributed by atoms with E-state index in [9.17, 15) is 4.79 Å². The highest BCUT2D eigenvalue weighted by Crippen LogP contribution is 2.27. The SMILES string of the molecule is CCC(C)c1ccc(-n2c(-c3cccc(OCc4ccccc4)c3)nc3ccccc3c2=O)cc1. The maximum atomic E-state index is 13.7. The summed E-state index contributed by atoms with van der Waals surface area (Å²) >= 11 is 0. The highest BCUT2D eigenvalue weighted by molar-refractivity contribution is 5.80. The minimum absolute atomic E-state index is 0.0857. The maximum absolute atomic E-state index is 13.7. The summed E-state index contributed by atoms with van der Waals surface area (Å²) in [5.41, 5.74) is 4.57. The number of fused-ring (bicyclic) bond motifs is 1. The standard InChI is InChI=1S/C31H28N2O2/c1-3-22(2)24-16-18-26(19-17-24)33-30(32-29-15-8-7-14-28(29)31(33)34)25-12-9-13-27(20-25)35-21-23-10-5-4-6-11-23/h4-20,22H,3,21H2,1-2H3. The van der Waals surface area contributed by atoms with E-state index in [0.717, 1.165) is 29.0 Å². The molecule has 0 saturated carbocycles. The molecule has 0 bridgehead atoms. The van der Waals surface area contributed by atoms with Gasteiger partial charge in [0.15, 0.2) is 0 Å². The van der Waals surface area contributed by atoms with E-state index < -0.39 is 0 Å². The first kappa shape index (κ1) is 22.6. The van der Waals surface area contributed by atoms with E-state index in [4.69, 9.17) is 9.72 Å². The number of benzene rings is 4. The van der Waals surface area contributed by atoms with Crippen LogP contribution in [-0.2, 0) is 6.61 Å². The van der Waals surface area contributed by atoms with Gasteiger partial charge >= 0.3 is 0 Å². The van der Waals surface area contributed by atoms with E-state index in [-0.39, 0.29) is 5.56 Å². The van der Waals surface area contributed by atoms with Crippen LogP contribution in [0.25, 0.3) is 28.0 Å². The average Bonchev–Trinajstić information content (AvgIpc) is 2.92. The van der Waals surface area contributed by atoms with Crippen molar-refractivity contribution in [2.45, 2.75) is 32.8 Å². The molecule has 0 saturated heterocycles. The summed E-state index contributed by atoms with van der Waals surface area (Å²) in [6.45, 7) is 4.87. The van der Waals surface area contributed by atoms with Gasteiger partial charge in [0.05, 0.1) is 16.6 Å². The minimum Gasteiger partial charge on any atom is -0.489 e. The Balaban J connectivity index is 1.60. The zero-order valence-corrected chi connectivity index (χ0v) is 20.0. The lowest BCUT2D eigenvalue weighted by atomic mass is 9.98. The molecule has 0 N–H and O–H groups in total. The molecule has 0 aliphatic heterocycles. The van der Waals surface area contributed by atoms with Crippen LogP contribution in [-0.4, -0.2) is 9.55 Å². The number of ether oxygens (including phenoxy) is 1. The molecular formula is C31H28N2O2. The van der Waals surface area contributed by atoms with Gasteiger partial charge in [0, 0.05) is 5.56 Å². The predicted molar refractivity (Wildman–Crippen MR) is 142 cm³/mol. The maximum Gasteiger partial charge on any atom is 0.266 e. The second-order valence-corrected chi connectivity index (χ2v) is 8.80. The molecule has 0 aliphatic rings. The third-order valence-corrected chi connectivity index (χ3v) is 6.45. The Morgan fingerprint density at radius 2 is 1.60 bits per heavy atom. The van der Waals surface area contributed by atoms with Crippen LogP contribution in [0.2, 0.25) is 0 Å². The molecule has 0 fully saturated rings. The third-order valence-electron chi connectivity index (χ3n) is 6.45. The molecule has 1 unspecified atom stereocenters. The van der Waals surface area contributed by atoms with Crippen LogP contribution in [0.15, 0.2) is 108 Å². The number of hydrogen-bond donors (Lipinski definition) is 0. The highest BCUT2D eigenvalue weighted by Gasteiger charge is 2.15. The van der Waals surface area contributed by atoms with Gasteiger partial charge < -0.3 is 4.74 Å². The van der Waals surface area contributed by atoms with E-state index in [2.05, 4.69) is 26.0 Å². The van der Waals surface area contributed by atoms with Gasteiger partial charge in [0.25, 0.3) is 5.56 Å². The normalized spacial score (nSPS) is 11.9. The van der Waals surface area contributed by atoms with Crippen LogP contribution in [0.4, 0.5) is 0 Å². The van der Waals surface area contributed by atoms with Gasteiger partial charge in [-0.1, -0.05) is 80.6 Å². The lowest BCUT2D eigenvalue weighted by molar-refractivity contribution is 0.306. The number of para-hydroxylation sites is 1. The van der Waals surface area contributed by atoms with Gasteiger partial charge in [0.2, 0.25) is 0 Å². The van der Waals surface area contributed by atoms with E-state index in [1.54, 1.807) is 4.57 Å². The van der Waals surface area contributed by atoms with E-state index in [0.29, 0.717) is 29.3 Å². The Labute approximate surface area is 205 Å². The zero-order chi connectivity index (χ0) is 24.2. The molecule has 1 aromatic heterocycles. The first-order valence-electron chi connectivity index (χ1n) is 12.0. The molecular weight excluding hydrogens is 432 g/mol. The van der Waals surface area contributed by atoms with Crippen molar-refractivity contribution in [2.24, 2.45) is 0 Å². The van der Waals surface area contributed by atoms with Gasteiger partial charge in [-0.3, -0.25) is 9.36 Å². The Hall–Kier alpha value is -4.18. The van der Waals surface area contributed by atoms with Crippen molar-refractivity contribution in [1.82, 2.24) is 9.55 Å². The number of hydrogen-bond acceptors (Lipinski definition) is 3. The van der Waals surface area contributed by atoms with Crippen LogP contribution in [0.1, 0.15) is 37.3 Å². The van der Waals surface area contributed by atoms with E-state index >= 15 is 0 Å². The molecule has 1 heterocycles. The van der Waals surface area contributed by atoms with Gasteiger partial charge in [-0.05, 0) is 59.9 Å². The molecule has 5 aromatic rings. The summed E-state index contributed by atoms with van der Waals surface area (Å²) < 4.78 is 7.76. The first-order chi connectivity index (χ1) is 17.1. The van der Waals surface area contributed by atoms with Crippen LogP contribution < -0.4 is 10.3 Å². The molecule has 4 heteroatoms. The number of aromatic nitrogens is 2. The molecule has 1 atom stereocenters. The molecule has 35 heavy (non-hydrogen) atoms. The summed E-state index contributed by atoms with van der Waals surface area (Å²) in [4.78, 5) is 18.6. The van der Waals surface area contributed by atoms with Crippen molar-refractivity contribution in [3.63, 3.8) is 0 Å². The molecule has 0 aliphatic carbocycles. The Morgan fingerprint density at radius 1 is 0.857 bits per heavy atom. The zero-order valence-electron chi connectivity index (χ0n) is 20.0. The fourth-order valence-electron chi connectivity index (χ4n) is 4.22. The van der Waals surface area contributed by atoms with Crippen LogP contribution in [0.3, 0.4) is 0 Å². The van der Waals surface area contributed by atoms with Gasteiger partial charge in [0.1, 0.15) is 18.2 Å². The summed E-state index contributed by atoms with van der Waals surface area (Å²) in [6, 6.07) is 33.6.